The average molecular weight is 516 g/mol. The van der Waals surface area contributed by atoms with E-state index in [1.807, 2.05) is 25.3 Å². The van der Waals surface area contributed by atoms with Gasteiger partial charge < -0.3 is 14.6 Å². The molecule has 1 aliphatic rings. The number of sulfonamides is 1. The maximum absolute atomic E-state index is 12.8. The minimum atomic E-state index is -3.51. The molecule has 1 saturated carbocycles. The summed E-state index contributed by atoms with van der Waals surface area (Å²) in [6.07, 6.45) is 11.9. The second kappa shape index (κ2) is 11.7. The first-order valence-corrected chi connectivity index (χ1v) is 13.8. The molecule has 2 heterocycles. The summed E-state index contributed by atoms with van der Waals surface area (Å²) in [5.41, 5.74) is 3.19. The molecule has 2 aromatic heterocycles. The molecular weight excluding hydrogens is 482 g/mol. The number of carbonyl (C=O) groups is 1. The van der Waals surface area contributed by atoms with E-state index in [0.29, 0.717) is 30.7 Å². The zero-order valence-electron chi connectivity index (χ0n) is 20.7. The van der Waals surface area contributed by atoms with E-state index in [4.69, 9.17) is 9.26 Å². The second-order valence-electron chi connectivity index (χ2n) is 9.33. The average Bonchev–Trinajstić information content (AvgIpc) is 3.45. The fraction of sp³-hybridized carbons (Fsp3) is 0.480. The smallest absolute Gasteiger partial charge is 0.244 e. The van der Waals surface area contributed by atoms with Gasteiger partial charge in [0.25, 0.3) is 0 Å². The second-order valence-corrected chi connectivity index (χ2v) is 11.1. The number of benzene rings is 1. The van der Waals surface area contributed by atoms with Gasteiger partial charge >= 0.3 is 0 Å². The summed E-state index contributed by atoms with van der Waals surface area (Å²) < 4.78 is 40.3. The number of hydrogen-bond donors (Lipinski definition) is 2. The van der Waals surface area contributed by atoms with Gasteiger partial charge in [-0.3, -0.25) is 14.2 Å². The van der Waals surface area contributed by atoms with Crippen LogP contribution in [0.25, 0.3) is 11.0 Å². The van der Waals surface area contributed by atoms with Crippen LogP contribution in [0.3, 0.4) is 0 Å². The molecule has 0 aliphatic heterocycles. The van der Waals surface area contributed by atoms with Crippen molar-refractivity contribution in [2.45, 2.75) is 52.1 Å². The molecule has 0 spiro atoms. The van der Waals surface area contributed by atoms with Crippen LogP contribution < -0.4 is 10.0 Å². The predicted molar refractivity (Wildman–Crippen MR) is 137 cm³/mol. The molecule has 11 heteroatoms. The summed E-state index contributed by atoms with van der Waals surface area (Å²) in [7, 11) is -1.95. The van der Waals surface area contributed by atoms with E-state index in [9.17, 15) is 13.2 Å². The number of aromatic nitrogens is 3. The van der Waals surface area contributed by atoms with Crippen molar-refractivity contribution >= 4 is 32.7 Å². The molecule has 1 fully saturated rings. The number of nitrogens with zero attached hydrogens (tertiary/aromatic N) is 3. The van der Waals surface area contributed by atoms with Gasteiger partial charge in [-0.15, -0.1) is 0 Å². The van der Waals surface area contributed by atoms with Gasteiger partial charge in [-0.1, -0.05) is 36.6 Å². The van der Waals surface area contributed by atoms with E-state index in [1.165, 1.54) is 12.5 Å². The number of methoxy groups -OCH3 is 1. The molecule has 0 saturated heterocycles. The summed E-state index contributed by atoms with van der Waals surface area (Å²) in [6, 6.07) is 3.82. The molecule has 0 radical (unpaired) electrons. The summed E-state index contributed by atoms with van der Waals surface area (Å²) in [4.78, 5) is 11.8. The molecular formula is C25H33N5O5S. The molecule has 36 heavy (non-hydrogen) atoms. The van der Waals surface area contributed by atoms with Crippen LogP contribution in [-0.4, -0.2) is 48.7 Å². The molecule has 3 aromatic rings. The van der Waals surface area contributed by atoms with Crippen LogP contribution in [-0.2, 0) is 32.6 Å². The first-order chi connectivity index (χ1) is 17.3. The van der Waals surface area contributed by atoms with Crippen LogP contribution in [0.4, 0.5) is 5.82 Å². The zero-order chi connectivity index (χ0) is 25.5. The summed E-state index contributed by atoms with van der Waals surface area (Å²) >= 11 is 0. The third kappa shape index (κ3) is 6.94. The van der Waals surface area contributed by atoms with Crippen molar-refractivity contribution in [2.24, 2.45) is 5.92 Å². The number of hydrogen-bond acceptors (Lipinski definition) is 7. The Morgan fingerprint density at radius 3 is 2.83 bits per heavy atom. The molecule has 194 valence electrons. The quantitative estimate of drug-likeness (QED) is 0.374. The van der Waals surface area contributed by atoms with Crippen LogP contribution >= 0.6 is 0 Å². The predicted octanol–water partition coefficient (Wildman–Crippen LogP) is 3.52. The number of ether oxygens (including phenoxy) is 1. The van der Waals surface area contributed by atoms with Crippen molar-refractivity contribution in [2.75, 3.05) is 24.2 Å². The molecule has 1 amide bonds. The topological polar surface area (TPSA) is 128 Å². The SMILES string of the molecule is COC/C=C/C(=O)NCc1cnn(Cc2cc(C)c3c(NS(=O)(=O)CC4CCCCC4)noc3c2)c1. The highest BCUT2D eigenvalue weighted by Gasteiger charge is 2.24. The van der Waals surface area contributed by atoms with E-state index >= 15 is 0 Å². The Labute approximate surface area is 211 Å². The van der Waals surface area contributed by atoms with E-state index < -0.39 is 10.0 Å². The maximum atomic E-state index is 12.8. The molecule has 0 atom stereocenters. The number of carbonyl (C=O) groups excluding carboxylic acids is 1. The maximum Gasteiger partial charge on any atom is 0.244 e. The molecule has 0 bridgehead atoms. The van der Waals surface area contributed by atoms with Gasteiger partial charge in [-0.25, -0.2) is 8.42 Å². The van der Waals surface area contributed by atoms with Crippen molar-refractivity contribution in [3.05, 3.63) is 53.4 Å². The van der Waals surface area contributed by atoms with Crippen LogP contribution in [0, 0.1) is 12.8 Å². The summed E-state index contributed by atoms with van der Waals surface area (Å²) in [5, 5.41) is 11.9. The van der Waals surface area contributed by atoms with Crippen molar-refractivity contribution in [3.63, 3.8) is 0 Å². The molecule has 2 N–H and O–H groups in total. The number of fused-ring (bicyclic) bond motifs is 1. The molecule has 1 aliphatic carbocycles. The Morgan fingerprint density at radius 2 is 2.06 bits per heavy atom. The number of aryl methyl sites for hydroxylation is 1. The summed E-state index contributed by atoms with van der Waals surface area (Å²) in [6.45, 7) is 3.14. The molecule has 10 nitrogen and oxygen atoms in total. The van der Waals surface area contributed by atoms with Gasteiger partial charge in [0.2, 0.25) is 15.9 Å². The van der Waals surface area contributed by atoms with Gasteiger partial charge in [-0.2, -0.15) is 5.10 Å². The fourth-order valence-electron chi connectivity index (χ4n) is 4.63. The standard InChI is InChI=1S/C25H33N5O5S/c1-18-11-20(15-30-16-21(14-27-30)13-26-23(31)9-6-10-34-2)12-22-24(18)25(28-35-22)29-36(32,33)17-19-7-4-3-5-8-19/h6,9,11-12,14,16,19H,3-5,7-8,10,13,15,17H2,1-2H3,(H,26,31)(H,28,29)/b9-6+. The number of rotatable bonds is 11. The van der Waals surface area contributed by atoms with Crippen molar-refractivity contribution in [3.8, 4) is 0 Å². The lowest BCUT2D eigenvalue weighted by Gasteiger charge is -2.21. The summed E-state index contributed by atoms with van der Waals surface area (Å²) in [5.74, 6) is 0.351. The van der Waals surface area contributed by atoms with Crippen LogP contribution in [0.15, 0.2) is 41.2 Å². The van der Waals surface area contributed by atoms with E-state index in [0.717, 1.165) is 42.4 Å². The lowest BCUT2D eigenvalue weighted by Crippen LogP contribution is -2.24. The lowest BCUT2D eigenvalue weighted by molar-refractivity contribution is -0.116. The third-order valence-electron chi connectivity index (χ3n) is 6.29. The highest BCUT2D eigenvalue weighted by molar-refractivity contribution is 7.92. The highest BCUT2D eigenvalue weighted by atomic mass is 32.2. The van der Waals surface area contributed by atoms with Crippen LogP contribution in [0.1, 0.15) is 48.8 Å². The Kier molecular flexibility index (Phi) is 8.42. The normalized spacial score (nSPS) is 15.1. The van der Waals surface area contributed by atoms with Crippen molar-refractivity contribution < 1.29 is 22.5 Å². The molecule has 0 unspecified atom stereocenters. The van der Waals surface area contributed by atoms with Gasteiger partial charge in [0, 0.05) is 31.5 Å². The van der Waals surface area contributed by atoms with Gasteiger partial charge in [0.1, 0.15) is 0 Å². The monoisotopic (exact) mass is 515 g/mol. The number of anilines is 1. The van der Waals surface area contributed by atoms with Crippen molar-refractivity contribution in [1.29, 1.82) is 0 Å². The molecule has 1 aromatic carbocycles. The minimum absolute atomic E-state index is 0.115. The van der Waals surface area contributed by atoms with Crippen LogP contribution in [0.5, 0.6) is 0 Å². The van der Waals surface area contributed by atoms with E-state index in [1.54, 1.807) is 24.1 Å². The fourth-order valence-corrected chi connectivity index (χ4v) is 6.10. The van der Waals surface area contributed by atoms with Crippen LogP contribution in [0.2, 0.25) is 0 Å². The van der Waals surface area contributed by atoms with E-state index in [2.05, 4.69) is 20.3 Å². The highest BCUT2D eigenvalue weighted by Crippen LogP contribution is 2.30. The first kappa shape index (κ1) is 25.9. The minimum Gasteiger partial charge on any atom is -0.381 e. The van der Waals surface area contributed by atoms with Gasteiger partial charge in [0.15, 0.2) is 11.4 Å². The third-order valence-corrected chi connectivity index (χ3v) is 7.71. The van der Waals surface area contributed by atoms with Crippen molar-refractivity contribution in [1.82, 2.24) is 20.3 Å². The Hall–Kier alpha value is -3.18. The van der Waals surface area contributed by atoms with E-state index in [-0.39, 0.29) is 23.4 Å². The first-order valence-electron chi connectivity index (χ1n) is 12.2. The Balaban J connectivity index is 1.39. The molecule has 4 rings (SSSR count). The Bertz CT molecular complexity index is 1320. The zero-order valence-corrected chi connectivity index (χ0v) is 21.5. The van der Waals surface area contributed by atoms with Gasteiger partial charge in [0.05, 0.1) is 30.5 Å². The lowest BCUT2D eigenvalue weighted by atomic mass is 9.91. The largest absolute Gasteiger partial charge is 0.381 e. The number of amides is 1. The Morgan fingerprint density at radius 1 is 1.25 bits per heavy atom. The van der Waals surface area contributed by atoms with Gasteiger partial charge in [-0.05, 0) is 42.9 Å². The number of nitrogens with one attached hydrogen (secondary N) is 2.